The number of rotatable bonds is 4. The molecular weight excluding hydrogens is 449 g/mol. The standard InChI is InChI=1S/C22H35N3O.HI/c1-5-23-20(25-13-10-21(3,4)17-25)24-16-22(11-14-26-15-12-22)19-9-7-6-8-18(19)2;/h6-9H,5,10-17H2,1-4H3,(H,23,24);1H. The normalized spacial score (nSPS) is 21.6. The molecule has 0 unspecified atom stereocenters. The zero-order chi connectivity index (χ0) is 18.6. The SMILES string of the molecule is CCNC(=NCC1(c2ccccc2C)CCOCC1)N1CCC(C)(C)C1.I. The first-order valence-corrected chi connectivity index (χ1v) is 10.1. The van der Waals surface area contributed by atoms with Crippen LogP contribution in [0.1, 0.15) is 51.2 Å². The number of benzene rings is 1. The van der Waals surface area contributed by atoms with Gasteiger partial charge in [0.25, 0.3) is 0 Å². The zero-order valence-corrected chi connectivity index (χ0v) is 19.7. The molecule has 0 saturated carbocycles. The molecule has 4 nitrogen and oxygen atoms in total. The maximum atomic E-state index is 5.69. The molecule has 1 N–H and O–H groups in total. The summed E-state index contributed by atoms with van der Waals surface area (Å²) in [5, 5.41) is 3.53. The van der Waals surface area contributed by atoms with Crippen LogP contribution in [0.4, 0.5) is 0 Å². The first-order valence-electron chi connectivity index (χ1n) is 10.1. The van der Waals surface area contributed by atoms with Gasteiger partial charge in [-0.05, 0) is 49.7 Å². The molecule has 5 heteroatoms. The highest BCUT2D eigenvalue weighted by molar-refractivity contribution is 14.0. The molecule has 0 amide bonds. The molecule has 0 radical (unpaired) electrons. The van der Waals surface area contributed by atoms with Gasteiger partial charge in [0.15, 0.2) is 5.96 Å². The van der Waals surface area contributed by atoms with Gasteiger partial charge in [0.1, 0.15) is 0 Å². The summed E-state index contributed by atoms with van der Waals surface area (Å²) in [5.41, 5.74) is 3.30. The van der Waals surface area contributed by atoms with E-state index in [0.29, 0.717) is 5.41 Å². The van der Waals surface area contributed by atoms with Gasteiger partial charge >= 0.3 is 0 Å². The van der Waals surface area contributed by atoms with E-state index in [1.54, 1.807) is 0 Å². The highest BCUT2D eigenvalue weighted by Gasteiger charge is 2.36. The van der Waals surface area contributed by atoms with Crippen LogP contribution in [0.25, 0.3) is 0 Å². The van der Waals surface area contributed by atoms with Crippen LogP contribution in [-0.4, -0.2) is 50.3 Å². The third-order valence-electron chi connectivity index (χ3n) is 6.01. The maximum absolute atomic E-state index is 5.69. The van der Waals surface area contributed by atoms with Crippen molar-refractivity contribution in [3.05, 3.63) is 35.4 Å². The van der Waals surface area contributed by atoms with Gasteiger partial charge < -0.3 is 15.0 Å². The Bertz CT molecular complexity index is 638. The lowest BCUT2D eigenvalue weighted by atomic mass is 9.72. The quantitative estimate of drug-likeness (QED) is 0.391. The number of ether oxygens (including phenoxy) is 1. The average Bonchev–Trinajstić information content (AvgIpc) is 2.99. The summed E-state index contributed by atoms with van der Waals surface area (Å²) in [6, 6.07) is 8.81. The van der Waals surface area contributed by atoms with Crippen LogP contribution in [0.5, 0.6) is 0 Å². The van der Waals surface area contributed by atoms with Crippen LogP contribution in [0.2, 0.25) is 0 Å². The molecule has 2 aliphatic rings. The Morgan fingerprint density at radius 2 is 1.89 bits per heavy atom. The molecule has 3 rings (SSSR count). The first-order chi connectivity index (χ1) is 12.5. The molecule has 0 aliphatic carbocycles. The molecule has 0 atom stereocenters. The third-order valence-corrected chi connectivity index (χ3v) is 6.01. The maximum Gasteiger partial charge on any atom is 0.193 e. The second-order valence-electron chi connectivity index (χ2n) is 8.71. The highest BCUT2D eigenvalue weighted by atomic mass is 127. The van der Waals surface area contributed by atoms with Crippen LogP contribution in [0.15, 0.2) is 29.3 Å². The topological polar surface area (TPSA) is 36.9 Å². The van der Waals surface area contributed by atoms with Crippen LogP contribution >= 0.6 is 24.0 Å². The largest absolute Gasteiger partial charge is 0.381 e. The predicted molar refractivity (Wildman–Crippen MR) is 124 cm³/mol. The molecule has 1 aromatic rings. The van der Waals surface area contributed by atoms with E-state index in [1.165, 1.54) is 17.5 Å². The smallest absolute Gasteiger partial charge is 0.193 e. The van der Waals surface area contributed by atoms with E-state index in [4.69, 9.17) is 9.73 Å². The number of likely N-dealkylation sites (tertiary alicyclic amines) is 1. The van der Waals surface area contributed by atoms with Crippen molar-refractivity contribution >= 4 is 29.9 Å². The first kappa shape index (κ1) is 22.5. The van der Waals surface area contributed by atoms with Crippen molar-refractivity contribution in [1.29, 1.82) is 0 Å². The third kappa shape index (κ3) is 5.37. The number of guanidine groups is 1. The van der Waals surface area contributed by atoms with Crippen molar-refractivity contribution in [1.82, 2.24) is 10.2 Å². The molecule has 0 spiro atoms. The van der Waals surface area contributed by atoms with Gasteiger partial charge in [-0.15, -0.1) is 24.0 Å². The summed E-state index contributed by atoms with van der Waals surface area (Å²) < 4.78 is 5.69. The van der Waals surface area contributed by atoms with Gasteiger partial charge in [0.05, 0.1) is 6.54 Å². The summed E-state index contributed by atoms with van der Waals surface area (Å²) in [5.74, 6) is 1.08. The van der Waals surface area contributed by atoms with Crippen molar-refractivity contribution in [2.75, 3.05) is 39.4 Å². The molecule has 2 saturated heterocycles. The minimum absolute atomic E-state index is 0. The zero-order valence-electron chi connectivity index (χ0n) is 17.4. The van der Waals surface area contributed by atoms with Gasteiger partial charge in [-0.2, -0.15) is 0 Å². The van der Waals surface area contributed by atoms with Crippen molar-refractivity contribution in [3.63, 3.8) is 0 Å². The van der Waals surface area contributed by atoms with E-state index in [-0.39, 0.29) is 29.4 Å². The summed E-state index contributed by atoms with van der Waals surface area (Å²) in [4.78, 5) is 7.59. The molecule has 1 aromatic carbocycles. The Morgan fingerprint density at radius 1 is 1.19 bits per heavy atom. The van der Waals surface area contributed by atoms with E-state index in [2.05, 4.69) is 62.2 Å². The number of hydrogen-bond acceptors (Lipinski definition) is 2. The lowest BCUT2D eigenvalue weighted by Gasteiger charge is -2.38. The second kappa shape index (κ2) is 9.59. The van der Waals surface area contributed by atoms with Crippen LogP contribution < -0.4 is 5.32 Å². The van der Waals surface area contributed by atoms with E-state index in [1.807, 2.05) is 0 Å². The van der Waals surface area contributed by atoms with Crippen molar-refractivity contribution < 1.29 is 4.74 Å². The number of aryl methyl sites for hydroxylation is 1. The highest BCUT2D eigenvalue weighted by Crippen LogP contribution is 2.37. The Morgan fingerprint density at radius 3 is 2.48 bits per heavy atom. The van der Waals surface area contributed by atoms with E-state index in [0.717, 1.165) is 58.2 Å². The minimum Gasteiger partial charge on any atom is -0.381 e. The number of nitrogens with one attached hydrogen (secondary N) is 1. The van der Waals surface area contributed by atoms with Crippen molar-refractivity contribution in [3.8, 4) is 0 Å². The summed E-state index contributed by atoms with van der Waals surface area (Å²) in [7, 11) is 0. The molecule has 2 heterocycles. The van der Waals surface area contributed by atoms with Crippen LogP contribution in [-0.2, 0) is 10.2 Å². The monoisotopic (exact) mass is 485 g/mol. The molecule has 0 bridgehead atoms. The molecule has 2 aliphatic heterocycles. The molecular formula is C22H36IN3O. The fraction of sp³-hybridized carbons (Fsp3) is 0.682. The lowest BCUT2D eigenvalue weighted by molar-refractivity contribution is 0.0528. The molecule has 0 aromatic heterocycles. The Labute approximate surface area is 182 Å². The van der Waals surface area contributed by atoms with Gasteiger partial charge in [-0.25, -0.2) is 0 Å². The van der Waals surface area contributed by atoms with Crippen LogP contribution in [0.3, 0.4) is 0 Å². The lowest BCUT2D eigenvalue weighted by Crippen LogP contribution is -2.43. The molecule has 152 valence electrons. The predicted octanol–water partition coefficient (Wildman–Crippen LogP) is 4.36. The fourth-order valence-electron chi connectivity index (χ4n) is 4.39. The Hall–Kier alpha value is -0.820. The number of aliphatic imine (C=N–C) groups is 1. The molecule has 27 heavy (non-hydrogen) atoms. The average molecular weight is 485 g/mol. The van der Waals surface area contributed by atoms with E-state index in [9.17, 15) is 0 Å². The number of nitrogens with zero attached hydrogens (tertiary/aromatic N) is 2. The fourth-order valence-corrected chi connectivity index (χ4v) is 4.39. The van der Waals surface area contributed by atoms with Crippen LogP contribution in [0, 0.1) is 12.3 Å². The summed E-state index contributed by atoms with van der Waals surface area (Å²) in [6.45, 7) is 14.7. The second-order valence-corrected chi connectivity index (χ2v) is 8.71. The Balaban J connectivity index is 0.00000261. The van der Waals surface area contributed by atoms with Crippen molar-refractivity contribution in [2.24, 2.45) is 10.4 Å². The summed E-state index contributed by atoms with van der Waals surface area (Å²) >= 11 is 0. The molecule has 2 fully saturated rings. The number of halogens is 1. The van der Waals surface area contributed by atoms with E-state index >= 15 is 0 Å². The minimum atomic E-state index is 0. The van der Waals surface area contributed by atoms with Gasteiger partial charge in [0.2, 0.25) is 0 Å². The van der Waals surface area contributed by atoms with E-state index < -0.39 is 0 Å². The van der Waals surface area contributed by atoms with Crippen molar-refractivity contribution in [2.45, 2.75) is 52.4 Å². The van der Waals surface area contributed by atoms with Gasteiger partial charge in [-0.1, -0.05) is 38.1 Å². The van der Waals surface area contributed by atoms with Gasteiger partial charge in [-0.3, -0.25) is 4.99 Å². The Kier molecular flexibility index (Phi) is 7.98. The van der Waals surface area contributed by atoms with Gasteiger partial charge in [0, 0.05) is 38.3 Å². The summed E-state index contributed by atoms with van der Waals surface area (Å²) in [6.07, 6.45) is 3.33. The number of hydrogen-bond donors (Lipinski definition) is 1.